The second-order valence-electron chi connectivity index (χ2n) is 7.01. The van der Waals surface area contributed by atoms with Crippen LogP contribution in [0.5, 0.6) is 0 Å². The summed E-state index contributed by atoms with van der Waals surface area (Å²) in [6.45, 7) is 0. The van der Waals surface area contributed by atoms with E-state index in [1.807, 2.05) is 24.4 Å². The van der Waals surface area contributed by atoms with E-state index in [2.05, 4.69) is 15.6 Å². The molecule has 2 unspecified atom stereocenters. The standard InChI is InChI=1S/C18H23N2O4P/c21-25(22,23)24-18(13-6-2-1-3-7-13)10-16-14-8-4-5-9-15(14)17-11-19-12-20(16)17/h4-5,8-9,11-13,16,18H,1-3,6-7,10H2,(H2,21,22,23)/p-2. The normalized spacial score (nSPS) is 21.8. The van der Waals surface area contributed by atoms with Crippen molar-refractivity contribution in [3.8, 4) is 11.3 Å². The third kappa shape index (κ3) is 3.44. The Balaban J connectivity index is 1.64. The molecule has 1 saturated carbocycles. The van der Waals surface area contributed by atoms with Crippen molar-refractivity contribution in [3.63, 3.8) is 0 Å². The minimum Gasteiger partial charge on any atom is -0.790 e. The minimum atomic E-state index is -5.02. The van der Waals surface area contributed by atoms with Gasteiger partial charge in [0.25, 0.3) is 0 Å². The van der Waals surface area contributed by atoms with E-state index in [9.17, 15) is 14.4 Å². The Hall–Kier alpha value is -1.46. The molecule has 0 radical (unpaired) electrons. The summed E-state index contributed by atoms with van der Waals surface area (Å²) in [5.41, 5.74) is 3.27. The highest BCUT2D eigenvalue weighted by atomic mass is 31.2. The Morgan fingerprint density at radius 2 is 2.00 bits per heavy atom. The summed E-state index contributed by atoms with van der Waals surface area (Å²) in [5, 5.41) is 0. The van der Waals surface area contributed by atoms with Crippen LogP contribution in [0.15, 0.2) is 36.8 Å². The molecule has 1 fully saturated rings. The number of phosphoric acid groups is 1. The zero-order chi connectivity index (χ0) is 17.4. The van der Waals surface area contributed by atoms with Crippen molar-refractivity contribution < 1.29 is 18.9 Å². The van der Waals surface area contributed by atoms with Gasteiger partial charge in [-0.25, -0.2) is 4.98 Å². The van der Waals surface area contributed by atoms with E-state index in [4.69, 9.17) is 4.52 Å². The first-order valence-corrected chi connectivity index (χ1v) is 10.3. The zero-order valence-electron chi connectivity index (χ0n) is 13.9. The van der Waals surface area contributed by atoms with Crippen LogP contribution >= 0.6 is 7.82 Å². The number of phosphoric ester groups is 1. The molecule has 1 aliphatic carbocycles. The lowest BCUT2D eigenvalue weighted by Crippen LogP contribution is -2.32. The molecule has 2 heterocycles. The number of rotatable bonds is 5. The largest absolute Gasteiger partial charge is 0.790 e. The lowest BCUT2D eigenvalue weighted by molar-refractivity contribution is -0.346. The molecule has 1 aliphatic heterocycles. The molecule has 134 valence electrons. The van der Waals surface area contributed by atoms with E-state index >= 15 is 0 Å². The first-order valence-electron chi connectivity index (χ1n) is 8.84. The smallest absolute Gasteiger partial charge is 0.0956 e. The second kappa shape index (κ2) is 6.69. The van der Waals surface area contributed by atoms with E-state index in [1.54, 1.807) is 6.33 Å². The first kappa shape index (κ1) is 17.0. The average molecular weight is 360 g/mol. The molecule has 6 nitrogen and oxygen atoms in total. The van der Waals surface area contributed by atoms with Crippen LogP contribution in [0.25, 0.3) is 11.3 Å². The minimum absolute atomic E-state index is 0.0489. The Bertz CT molecular complexity index is 794. The Morgan fingerprint density at radius 1 is 1.24 bits per heavy atom. The van der Waals surface area contributed by atoms with Crippen molar-refractivity contribution in [2.24, 2.45) is 5.92 Å². The molecule has 0 saturated heterocycles. The molecule has 4 rings (SSSR count). The van der Waals surface area contributed by atoms with Gasteiger partial charge in [0.1, 0.15) is 0 Å². The SMILES string of the molecule is O=P([O-])([O-])OC(CC1c2ccccc2-c2cncn21)C1CCCCC1. The summed E-state index contributed by atoms with van der Waals surface area (Å²) in [7, 11) is -5.02. The van der Waals surface area contributed by atoms with Crippen LogP contribution < -0.4 is 9.79 Å². The molecule has 0 spiro atoms. The number of aromatic nitrogens is 2. The molecule has 0 amide bonds. The van der Waals surface area contributed by atoms with Crippen molar-refractivity contribution in [1.82, 2.24) is 9.55 Å². The quantitative estimate of drug-likeness (QED) is 0.765. The summed E-state index contributed by atoms with van der Waals surface area (Å²) in [6, 6.07) is 8.02. The van der Waals surface area contributed by atoms with Crippen LogP contribution in [0.4, 0.5) is 0 Å². The van der Waals surface area contributed by atoms with E-state index in [-0.39, 0.29) is 12.0 Å². The van der Waals surface area contributed by atoms with Crippen molar-refractivity contribution in [2.45, 2.75) is 50.7 Å². The van der Waals surface area contributed by atoms with Gasteiger partial charge in [0, 0.05) is 5.56 Å². The number of imidazole rings is 1. The molecule has 2 atom stereocenters. The van der Waals surface area contributed by atoms with Crippen LogP contribution in [-0.4, -0.2) is 15.7 Å². The van der Waals surface area contributed by atoms with Gasteiger partial charge in [-0.3, -0.25) is 0 Å². The average Bonchev–Trinajstić information content (AvgIpc) is 3.17. The van der Waals surface area contributed by atoms with Gasteiger partial charge < -0.3 is 23.4 Å². The van der Waals surface area contributed by atoms with E-state index in [0.717, 1.165) is 48.9 Å². The van der Waals surface area contributed by atoms with Crippen LogP contribution in [0.2, 0.25) is 0 Å². The van der Waals surface area contributed by atoms with Crippen LogP contribution in [0.3, 0.4) is 0 Å². The summed E-state index contributed by atoms with van der Waals surface area (Å²) in [6.07, 6.45) is 8.59. The topological polar surface area (TPSA) is 90.2 Å². The van der Waals surface area contributed by atoms with Crippen LogP contribution in [0.1, 0.15) is 50.1 Å². The molecule has 0 N–H and O–H groups in total. The van der Waals surface area contributed by atoms with Crippen LogP contribution in [0, 0.1) is 5.92 Å². The van der Waals surface area contributed by atoms with Gasteiger partial charge in [0.2, 0.25) is 0 Å². The number of benzene rings is 1. The highest BCUT2D eigenvalue weighted by Crippen LogP contribution is 2.45. The molecule has 25 heavy (non-hydrogen) atoms. The Labute approximate surface area is 147 Å². The summed E-state index contributed by atoms with van der Waals surface area (Å²) in [4.78, 5) is 26.9. The summed E-state index contributed by atoms with van der Waals surface area (Å²) < 4.78 is 18.4. The van der Waals surface area contributed by atoms with Gasteiger partial charge in [-0.05, 0) is 30.7 Å². The second-order valence-corrected chi connectivity index (χ2v) is 8.12. The van der Waals surface area contributed by atoms with Gasteiger partial charge >= 0.3 is 0 Å². The first-order chi connectivity index (χ1) is 12.0. The molecule has 2 aliphatic rings. The van der Waals surface area contributed by atoms with Crippen molar-refractivity contribution >= 4 is 7.82 Å². The third-order valence-electron chi connectivity index (χ3n) is 5.49. The van der Waals surface area contributed by atoms with Gasteiger partial charge in [-0.1, -0.05) is 43.5 Å². The van der Waals surface area contributed by atoms with Gasteiger partial charge in [0.05, 0.1) is 38.2 Å². The molecule has 7 heteroatoms. The highest BCUT2D eigenvalue weighted by molar-refractivity contribution is 7.43. The molecule has 0 bridgehead atoms. The number of hydrogen-bond acceptors (Lipinski definition) is 5. The Kier molecular flexibility index (Phi) is 4.54. The van der Waals surface area contributed by atoms with E-state index in [0.29, 0.717) is 6.42 Å². The molecular formula is C18H21N2O4P-2. The maximum Gasteiger partial charge on any atom is 0.0956 e. The molecule has 1 aromatic heterocycles. The van der Waals surface area contributed by atoms with Crippen molar-refractivity contribution in [2.75, 3.05) is 0 Å². The van der Waals surface area contributed by atoms with Crippen molar-refractivity contribution in [3.05, 3.63) is 42.4 Å². The number of hydrogen-bond donors (Lipinski definition) is 0. The van der Waals surface area contributed by atoms with Gasteiger partial charge in [-0.15, -0.1) is 0 Å². The lowest BCUT2D eigenvalue weighted by atomic mass is 9.82. The fourth-order valence-electron chi connectivity index (χ4n) is 4.39. The highest BCUT2D eigenvalue weighted by Gasteiger charge is 2.34. The van der Waals surface area contributed by atoms with Gasteiger partial charge in [-0.2, -0.15) is 0 Å². The number of nitrogens with zero attached hydrogens (tertiary/aromatic N) is 2. The van der Waals surface area contributed by atoms with Crippen molar-refractivity contribution in [1.29, 1.82) is 0 Å². The molecule has 2 aromatic rings. The third-order valence-corrected chi connectivity index (χ3v) is 6.02. The Morgan fingerprint density at radius 3 is 2.76 bits per heavy atom. The molecule has 1 aromatic carbocycles. The van der Waals surface area contributed by atoms with Gasteiger partial charge in [0.15, 0.2) is 0 Å². The predicted octanol–water partition coefficient (Wildman–Crippen LogP) is 2.64. The fourth-order valence-corrected chi connectivity index (χ4v) is 4.98. The monoisotopic (exact) mass is 360 g/mol. The maximum absolute atomic E-state index is 11.3. The van der Waals surface area contributed by atoms with E-state index < -0.39 is 13.9 Å². The van der Waals surface area contributed by atoms with Crippen LogP contribution in [-0.2, 0) is 9.09 Å². The predicted molar refractivity (Wildman–Crippen MR) is 89.5 cm³/mol. The number of fused-ring (bicyclic) bond motifs is 3. The van der Waals surface area contributed by atoms with E-state index in [1.165, 1.54) is 0 Å². The lowest BCUT2D eigenvalue weighted by Gasteiger charge is -2.39. The summed E-state index contributed by atoms with van der Waals surface area (Å²) >= 11 is 0. The summed E-state index contributed by atoms with van der Waals surface area (Å²) in [5.74, 6) is 0.115. The zero-order valence-corrected chi connectivity index (χ0v) is 14.8. The fraction of sp³-hybridized carbons (Fsp3) is 0.500. The molecular weight excluding hydrogens is 339 g/mol. The maximum atomic E-state index is 11.3.